The Hall–Kier alpha value is -4.04. The fourth-order valence-corrected chi connectivity index (χ4v) is 4.38. The Bertz CT molecular complexity index is 1540. The minimum atomic E-state index is -0.888. The summed E-state index contributed by atoms with van der Waals surface area (Å²) in [5, 5.41) is 20.4. The number of benzene rings is 3. The number of esters is 1. The van der Waals surface area contributed by atoms with Gasteiger partial charge in [-0.05, 0) is 29.8 Å². The average molecular weight is 483 g/mol. The number of rotatable bonds is 3. The quantitative estimate of drug-likeness (QED) is 0.308. The SMILES string of the molecule is COc1ccc(-c2cc(=O)c3c(O)cc4c(c3o2)[C@@H](c2cccc(Cl)c2F)CC(=O)O4)cc1O. The van der Waals surface area contributed by atoms with E-state index in [1.165, 1.54) is 37.4 Å². The molecule has 1 aliphatic rings. The number of ether oxygens (including phenoxy) is 2. The summed E-state index contributed by atoms with van der Waals surface area (Å²) in [5.41, 5.74) is 0.0595. The standard InChI is InChI=1S/C25H16ClFO7/c1-32-18-6-5-11(7-15(18)28)19-9-16(29)23-17(30)10-20-22(25(23)34-19)13(8-21(31)33-20)12-3-2-4-14(26)24(12)27/h2-7,9-10,13,28,30H,8H2,1H3/t13-/m1/s1. The first kappa shape index (κ1) is 21.8. The van der Waals surface area contributed by atoms with Crippen molar-refractivity contribution in [1.29, 1.82) is 0 Å². The molecule has 3 aromatic carbocycles. The summed E-state index contributed by atoms with van der Waals surface area (Å²) in [5.74, 6) is -2.62. The van der Waals surface area contributed by atoms with E-state index in [4.69, 9.17) is 25.5 Å². The van der Waals surface area contributed by atoms with E-state index < -0.39 is 28.9 Å². The van der Waals surface area contributed by atoms with Gasteiger partial charge in [0.2, 0.25) is 0 Å². The van der Waals surface area contributed by atoms with E-state index in [-0.39, 0.29) is 56.5 Å². The fourth-order valence-electron chi connectivity index (χ4n) is 4.20. The third kappa shape index (κ3) is 3.43. The Morgan fingerprint density at radius 2 is 1.88 bits per heavy atom. The van der Waals surface area contributed by atoms with Crippen molar-refractivity contribution < 1.29 is 33.3 Å². The Labute approximate surface area is 196 Å². The lowest BCUT2D eigenvalue weighted by Gasteiger charge is -2.26. The molecule has 2 heterocycles. The molecule has 172 valence electrons. The first-order valence-electron chi connectivity index (χ1n) is 10.1. The number of hydrogen-bond donors (Lipinski definition) is 2. The molecule has 0 saturated heterocycles. The van der Waals surface area contributed by atoms with Gasteiger partial charge in [-0.25, -0.2) is 4.39 Å². The summed E-state index contributed by atoms with van der Waals surface area (Å²) in [6, 6.07) is 11.1. The highest BCUT2D eigenvalue weighted by atomic mass is 35.5. The highest BCUT2D eigenvalue weighted by Gasteiger charge is 2.35. The summed E-state index contributed by atoms with van der Waals surface area (Å²) in [6.07, 6.45) is -0.235. The van der Waals surface area contributed by atoms with Gasteiger partial charge in [0.15, 0.2) is 16.9 Å². The molecule has 1 aromatic heterocycles. The van der Waals surface area contributed by atoms with E-state index in [0.717, 1.165) is 6.07 Å². The third-order valence-electron chi connectivity index (χ3n) is 5.75. The van der Waals surface area contributed by atoms with Crippen molar-refractivity contribution in [1.82, 2.24) is 0 Å². The molecule has 0 aliphatic carbocycles. The van der Waals surface area contributed by atoms with E-state index in [1.807, 2.05) is 0 Å². The Kier molecular flexibility index (Phi) is 5.17. The molecule has 0 spiro atoms. The lowest BCUT2D eigenvalue weighted by molar-refractivity contribution is -0.135. The molecular formula is C25H16ClFO7. The molecule has 0 saturated carbocycles. The predicted molar refractivity (Wildman–Crippen MR) is 121 cm³/mol. The van der Waals surface area contributed by atoms with E-state index in [9.17, 15) is 24.2 Å². The maximum Gasteiger partial charge on any atom is 0.312 e. The Balaban J connectivity index is 1.82. The van der Waals surface area contributed by atoms with Crippen molar-refractivity contribution >= 4 is 28.5 Å². The van der Waals surface area contributed by atoms with Crippen molar-refractivity contribution in [2.75, 3.05) is 7.11 Å². The minimum Gasteiger partial charge on any atom is -0.507 e. The highest BCUT2D eigenvalue weighted by Crippen LogP contribution is 2.47. The van der Waals surface area contributed by atoms with Crippen LogP contribution in [0.5, 0.6) is 23.0 Å². The number of methoxy groups -OCH3 is 1. The van der Waals surface area contributed by atoms with Crippen LogP contribution in [0.1, 0.15) is 23.5 Å². The fraction of sp³-hybridized carbons (Fsp3) is 0.120. The highest BCUT2D eigenvalue weighted by molar-refractivity contribution is 6.30. The van der Waals surface area contributed by atoms with Crippen LogP contribution in [-0.2, 0) is 4.79 Å². The number of phenols is 2. The maximum absolute atomic E-state index is 15.0. The van der Waals surface area contributed by atoms with Crippen LogP contribution >= 0.6 is 11.6 Å². The van der Waals surface area contributed by atoms with Gasteiger partial charge < -0.3 is 24.1 Å². The average Bonchev–Trinajstić information content (AvgIpc) is 2.79. The molecule has 5 rings (SSSR count). The third-order valence-corrected chi connectivity index (χ3v) is 6.04. The molecule has 4 aromatic rings. The largest absolute Gasteiger partial charge is 0.507 e. The first-order valence-corrected chi connectivity index (χ1v) is 10.5. The molecule has 0 amide bonds. The molecule has 9 heteroatoms. The zero-order valence-corrected chi connectivity index (χ0v) is 18.4. The molecule has 0 unspecified atom stereocenters. The maximum atomic E-state index is 15.0. The monoisotopic (exact) mass is 482 g/mol. The van der Waals surface area contributed by atoms with Crippen molar-refractivity contribution in [3.05, 3.63) is 80.7 Å². The molecule has 7 nitrogen and oxygen atoms in total. The van der Waals surface area contributed by atoms with Gasteiger partial charge in [0.05, 0.1) is 18.6 Å². The van der Waals surface area contributed by atoms with Gasteiger partial charge in [-0.15, -0.1) is 0 Å². The van der Waals surface area contributed by atoms with Crippen LogP contribution in [0.4, 0.5) is 4.39 Å². The Morgan fingerprint density at radius 3 is 2.62 bits per heavy atom. The van der Waals surface area contributed by atoms with Crippen LogP contribution in [-0.4, -0.2) is 23.3 Å². The van der Waals surface area contributed by atoms with Gasteiger partial charge in [-0.3, -0.25) is 9.59 Å². The van der Waals surface area contributed by atoms with E-state index in [2.05, 4.69) is 0 Å². The lowest BCUT2D eigenvalue weighted by atomic mass is 9.84. The number of phenolic OH excluding ortho intramolecular Hbond substituents is 2. The molecule has 1 atom stereocenters. The molecular weight excluding hydrogens is 467 g/mol. The normalized spacial score (nSPS) is 15.1. The summed E-state index contributed by atoms with van der Waals surface area (Å²) in [7, 11) is 1.40. The lowest BCUT2D eigenvalue weighted by Crippen LogP contribution is -2.22. The van der Waals surface area contributed by atoms with Crippen molar-refractivity contribution in [2.45, 2.75) is 12.3 Å². The molecule has 1 aliphatic heterocycles. The molecule has 34 heavy (non-hydrogen) atoms. The van der Waals surface area contributed by atoms with Crippen LogP contribution < -0.4 is 14.9 Å². The smallest absolute Gasteiger partial charge is 0.312 e. The second-order valence-electron chi connectivity index (χ2n) is 7.75. The van der Waals surface area contributed by atoms with Gasteiger partial charge in [0.25, 0.3) is 0 Å². The van der Waals surface area contributed by atoms with Gasteiger partial charge in [-0.2, -0.15) is 0 Å². The van der Waals surface area contributed by atoms with E-state index in [0.29, 0.717) is 5.56 Å². The molecule has 0 radical (unpaired) electrons. The second kappa shape index (κ2) is 8.07. The number of halogens is 2. The van der Waals surface area contributed by atoms with Gasteiger partial charge >= 0.3 is 5.97 Å². The van der Waals surface area contributed by atoms with Crippen LogP contribution in [0.15, 0.2) is 57.7 Å². The number of hydrogen-bond acceptors (Lipinski definition) is 7. The minimum absolute atomic E-state index is 0.0523. The molecule has 0 bridgehead atoms. The van der Waals surface area contributed by atoms with Gasteiger partial charge in [0, 0.05) is 29.2 Å². The van der Waals surface area contributed by atoms with Crippen LogP contribution in [0.25, 0.3) is 22.3 Å². The first-order chi connectivity index (χ1) is 16.3. The van der Waals surface area contributed by atoms with Crippen LogP contribution in [0, 0.1) is 5.82 Å². The van der Waals surface area contributed by atoms with E-state index >= 15 is 0 Å². The number of aromatic hydroxyl groups is 2. The molecule has 0 fully saturated rings. The van der Waals surface area contributed by atoms with E-state index in [1.54, 1.807) is 12.1 Å². The number of carbonyl (C=O) groups excluding carboxylic acids is 1. The molecule has 2 N–H and O–H groups in total. The summed E-state index contributed by atoms with van der Waals surface area (Å²) in [6.45, 7) is 0. The second-order valence-corrected chi connectivity index (χ2v) is 8.15. The van der Waals surface area contributed by atoms with Crippen LogP contribution in [0.3, 0.4) is 0 Å². The number of fused-ring (bicyclic) bond motifs is 3. The van der Waals surface area contributed by atoms with Crippen molar-refractivity contribution in [3.63, 3.8) is 0 Å². The van der Waals surface area contributed by atoms with Gasteiger partial charge in [-0.1, -0.05) is 23.7 Å². The number of carbonyl (C=O) groups is 1. The van der Waals surface area contributed by atoms with Crippen molar-refractivity contribution in [3.8, 4) is 34.3 Å². The summed E-state index contributed by atoms with van der Waals surface area (Å²) >= 11 is 5.97. The zero-order valence-electron chi connectivity index (χ0n) is 17.6. The topological polar surface area (TPSA) is 106 Å². The summed E-state index contributed by atoms with van der Waals surface area (Å²) in [4.78, 5) is 25.3. The predicted octanol–water partition coefficient (Wildman–Crippen LogP) is 5.11. The zero-order chi connectivity index (χ0) is 24.1. The van der Waals surface area contributed by atoms with Crippen molar-refractivity contribution in [2.24, 2.45) is 0 Å². The van der Waals surface area contributed by atoms with Gasteiger partial charge in [0.1, 0.15) is 34.0 Å². The Morgan fingerprint density at radius 1 is 1.09 bits per heavy atom. The van der Waals surface area contributed by atoms with Crippen LogP contribution in [0.2, 0.25) is 5.02 Å². The summed E-state index contributed by atoms with van der Waals surface area (Å²) < 4.78 is 31.3.